The number of fused-ring (bicyclic) bond motifs is 1. The molecule has 240 valence electrons. The van der Waals surface area contributed by atoms with Gasteiger partial charge in [0, 0.05) is 17.7 Å². The molecule has 0 saturated carbocycles. The van der Waals surface area contributed by atoms with Gasteiger partial charge in [0.05, 0.1) is 13.2 Å². The Morgan fingerprint density at radius 3 is 2.00 bits per heavy atom. The van der Waals surface area contributed by atoms with Crippen LogP contribution in [0.15, 0.2) is 39.5 Å². The lowest BCUT2D eigenvalue weighted by molar-refractivity contribution is -0.323. The largest absolute Gasteiger partial charge is 0.507 e. The van der Waals surface area contributed by atoms with Crippen LogP contribution in [0.1, 0.15) is 0 Å². The molecule has 10 atom stereocenters. The second-order valence-corrected chi connectivity index (χ2v) is 10.3. The van der Waals surface area contributed by atoms with Crippen LogP contribution in [0.25, 0.3) is 22.3 Å². The second kappa shape index (κ2) is 12.3. The molecule has 0 aliphatic carbocycles. The number of benzene rings is 2. The first-order chi connectivity index (χ1) is 20.8. The van der Waals surface area contributed by atoms with Crippen molar-refractivity contribution in [3.63, 3.8) is 0 Å². The first-order valence-corrected chi connectivity index (χ1v) is 13.2. The molecule has 2 aliphatic heterocycles. The molecule has 2 fully saturated rings. The molecule has 0 unspecified atom stereocenters. The van der Waals surface area contributed by atoms with E-state index >= 15 is 0 Å². The van der Waals surface area contributed by atoms with Crippen molar-refractivity contribution in [2.24, 2.45) is 0 Å². The normalized spacial score (nSPS) is 32.5. The van der Waals surface area contributed by atoms with Gasteiger partial charge < -0.3 is 79.5 Å². The fourth-order valence-electron chi connectivity index (χ4n) is 4.87. The molecular weight excluding hydrogens is 596 g/mol. The van der Waals surface area contributed by atoms with Crippen LogP contribution >= 0.6 is 0 Å². The lowest BCUT2D eigenvalue weighted by Gasteiger charge is -2.42. The van der Waals surface area contributed by atoms with E-state index in [4.69, 9.17) is 23.4 Å². The molecule has 17 nitrogen and oxygen atoms in total. The third kappa shape index (κ3) is 5.73. The topological polar surface area (TPSA) is 290 Å². The van der Waals surface area contributed by atoms with Gasteiger partial charge in [-0.2, -0.15) is 0 Å². The molecule has 2 saturated heterocycles. The van der Waals surface area contributed by atoms with Crippen LogP contribution in [0.3, 0.4) is 0 Å². The fraction of sp³-hybridized carbons (Fsp3) is 0.444. The number of aromatic hydroxyl groups is 4. The average molecular weight is 627 g/mol. The SMILES string of the molecule is O=c1c(O)c(-c2ccc(O)c(O)c2)oc2cc(O[C@H]3O[C@H](CO[C@H]4O[C@H](CO)[C@H](O)[C@@H](O)[C@H]4O)[C@H](O)[C@@H](O)[C@H]3O)cc(O)c12. The van der Waals surface area contributed by atoms with Gasteiger partial charge in [0.15, 0.2) is 23.5 Å². The summed E-state index contributed by atoms with van der Waals surface area (Å²) in [7, 11) is 0. The number of hydrogen-bond donors (Lipinski definition) is 11. The van der Waals surface area contributed by atoms with Gasteiger partial charge in [-0.25, -0.2) is 0 Å². The summed E-state index contributed by atoms with van der Waals surface area (Å²) in [5.74, 6) is -3.36. The van der Waals surface area contributed by atoms with Gasteiger partial charge in [0.2, 0.25) is 17.5 Å². The maximum Gasteiger partial charge on any atom is 0.238 e. The van der Waals surface area contributed by atoms with Crippen molar-refractivity contribution in [3.8, 4) is 40.1 Å². The molecule has 3 aromatic rings. The summed E-state index contributed by atoms with van der Waals surface area (Å²) in [5.41, 5.74) is -1.37. The Bertz CT molecular complexity index is 1560. The average Bonchev–Trinajstić information content (AvgIpc) is 2.99. The van der Waals surface area contributed by atoms with Crippen LogP contribution < -0.4 is 10.2 Å². The van der Waals surface area contributed by atoms with Crippen molar-refractivity contribution < 1.29 is 79.5 Å². The molecule has 0 amide bonds. The third-order valence-corrected chi connectivity index (χ3v) is 7.36. The Balaban J connectivity index is 1.38. The van der Waals surface area contributed by atoms with Crippen molar-refractivity contribution in [2.75, 3.05) is 13.2 Å². The van der Waals surface area contributed by atoms with Crippen molar-refractivity contribution in [3.05, 3.63) is 40.6 Å². The van der Waals surface area contributed by atoms with Crippen LogP contribution in [-0.2, 0) is 14.2 Å². The Morgan fingerprint density at radius 1 is 0.705 bits per heavy atom. The highest BCUT2D eigenvalue weighted by Crippen LogP contribution is 2.38. The van der Waals surface area contributed by atoms with E-state index in [9.17, 15) is 61.0 Å². The van der Waals surface area contributed by atoms with Crippen LogP contribution in [0.4, 0.5) is 0 Å². The summed E-state index contributed by atoms with van der Waals surface area (Å²) in [5, 5.41) is 111. The van der Waals surface area contributed by atoms with E-state index in [0.29, 0.717) is 0 Å². The number of ether oxygens (including phenoxy) is 4. The van der Waals surface area contributed by atoms with E-state index in [0.717, 1.165) is 24.3 Å². The Morgan fingerprint density at radius 2 is 1.34 bits per heavy atom. The summed E-state index contributed by atoms with van der Waals surface area (Å²) in [6.07, 6.45) is -16.7. The van der Waals surface area contributed by atoms with E-state index in [1.54, 1.807) is 0 Å². The summed E-state index contributed by atoms with van der Waals surface area (Å²) in [4.78, 5) is 12.8. The molecule has 3 heterocycles. The summed E-state index contributed by atoms with van der Waals surface area (Å²) in [6, 6.07) is 5.36. The summed E-state index contributed by atoms with van der Waals surface area (Å²) < 4.78 is 27.4. The fourth-order valence-corrected chi connectivity index (χ4v) is 4.87. The van der Waals surface area contributed by atoms with Crippen molar-refractivity contribution in [1.29, 1.82) is 0 Å². The molecule has 5 rings (SSSR count). The summed E-state index contributed by atoms with van der Waals surface area (Å²) >= 11 is 0. The molecule has 0 radical (unpaired) electrons. The van der Waals surface area contributed by atoms with E-state index < -0.39 is 114 Å². The van der Waals surface area contributed by atoms with Gasteiger partial charge >= 0.3 is 0 Å². The highest BCUT2D eigenvalue weighted by Gasteiger charge is 2.48. The smallest absolute Gasteiger partial charge is 0.238 e. The van der Waals surface area contributed by atoms with E-state index in [2.05, 4.69) is 0 Å². The highest BCUT2D eigenvalue weighted by atomic mass is 16.7. The number of phenolic OH excluding ortho intramolecular Hbond substituents is 3. The molecule has 11 N–H and O–H groups in total. The van der Waals surface area contributed by atoms with Crippen LogP contribution in [0, 0.1) is 0 Å². The molecule has 0 bridgehead atoms. The number of phenols is 3. The molecule has 2 aromatic carbocycles. The monoisotopic (exact) mass is 626 g/mol. The molecule has 17 heteroatoms. The van der Waals surface area contributed by atoms with Gasteiger partial charge in [-0.15, -0.1) is 0 Å². The maximum absolute atomic E-state index is 12.8. The lowest BCUT2D eigenvalue weighted by Crippen LogP contribution is -2.62. The van der Waals surface area contributed by atoms with E-state index in [-0.39, 0.29) is 16.9 Å². The van der Waals surface area contributed by atoms with Crippen LogP contribution in [0.5, 0.6) is 28.7 Å². The van der Waals surface area contributed by atoms with Gasteiger partial charge in [-0.05, 0) is 18.2 Å². The van der Waals surface area contributed by atoms with Crippen molar-refractivity contribution in [2.45, 2.75) is 61.4 Å². The number of aliphatic hydroxyl groups excluding tert-OH is 7. The lowest BCUT2D eigenvalue weighted by atomic mass is 9.98. The number of hydrogen-bond acceptors (Lipinski definition) is 17. The van der Waals surface area contributed by atoms with Gasteiger partial charge in [0.1, 0.15) is 71.3 Å². The number of aliphatic hydroxyl groups is 7. The van der Waals surface area contributed by atoms with Gasteiger partial charge in [0.25, 0.3) is 0 Å². The molecule has 44 heavy (non-hydrogen) atoms. The first kappa shape index (κ1) is 31.7. The Labute approximate surface area is 246 Å². The quantitative estimate of drug-likeness (QED) is 0.119. The Hall–Kier alpha value is -3.75. The second-order valence-electron chi connectivity index (χ2n) is 10.3. The zero-order valence-corrected chi connectivity index (χ0v) is 22.4. The van der Waals surface area contributed by atoms with Gasteiger partial charge in [-0.3, -0.25) is 4.79 Å². The molecule has 0 spiro atoms. The maximum atomic E-state index is 12.8. The minimum Gasteiger partial charge on any atom is -0.507 e. The predicted octanol–water partition coefficient (Wildman–Crippen LogP) is -2.71. The van der Waals surface area contributed by atoms with Crippen molar-refractivity contribution in [1.82, 2.24) is 0 Å². The molecular formula is C27H30O17. The first-order valence-electron chi connectivity index (χ1n) is 13.2. The zero-order valence-electron chi connectivity index (χ0n) is 22.4. The van der Waals surface area contributed by atoms with Gasteiger partial charge in [-0.1, -0.05) is 0 Å². The molecule has 1 aromatic heterocycles. The summed E-state index contributed by atoms with van der Waals surface area (Å²) in [6.45, 7) is -1.33. The standard InChI is InChI=1S/C27H30O17/c28-6-14-17(32)20(35)23(38)26(43-14)40-7-15-18(33)21(36)24(39)27(44-15)41-9-4-12(31)16-13(5-9)42-25(22(37)19(16)34)8-1-2-10(29)11(30)3-8/h1-5,14-15,17-18,20-21,23-24,26-33,35-39H,6-7H2/t14-,15-,17+,18+,20-,21-,23-,24-,26+,27+/m1/s1. The van der Waals surface area contributed by atoms with Crippen molar-refractivity contribution >= 4 is 11.0 Å². The molecule has 2 aliphatic rings. The number of rotatable bonds is 7. The van der Waals surface area contributed by atoms with Crippen LogP contribution in [0.2, 0.25) is 0 Å². The van der Waals surface area contributed by atoms with E-state index in [1.807, 2.05) is 0 Å². The zero-order chi connectivity index (χ0) is 32.0. The third-order valence-electron chi connectivity index (χ3n) is 7.36. The minimum atomic E-state index is -1.87. The van der Waals surface area contributed by atoms with Crippen LogP contribution in [-0.4, -0.2) is 131 Å². The highest BCUT2D eigenvalue weighted by molar-refractivity contribution is 5.88. The predicted molar refractivity (Wildman–Crippen MR) is 142 cm³/mol. The minimum absolute atomic E-state index is 0.00648. The Kier molecular flexibility index (Phi) is 8.87. The van der Waals surface area contributed by atoms with E-state index in [1.165, 1.54) is 6.07 Å².